The van der Waals surface area contributed by atoms with E-state index in [-0.39, 0.29) is 69.6 Å². The van der Waals surface area contributed by atoms with Crippen LogP contribution < -0.4 is 40.0 Å². The van der Waals surface area contributed by atoms with Crippen molar-refractivity contribution in [3.8, 4) is 0 Å². The summed E-state index contributed by atoms with van der Waals surface area (Å²) in [6, 6.07) is 7.61. The van der Waals surface area contributed by atoms with Crippen molar-refractivity contribution in [2.45, 2.75) is 42.5 Å². The second-order valence-corrected chi connectivity index (χ2v) is 8.06. The number of carbonyl (C=O) groups is 3. The molecule has 2 aliphatic heterocycles. The molecular weight excluding hydrogens is 387 g/mol. The standard InChI is InChI=1S/C16H18N2O4S.Na.3H2O/c1-16(2)12(15(21)22)18-13(20)11(14(18)23-16)17-10(19)8-9-6-4-3-5-7-9;;;;/h3-7,11-12,14H,8H2,1-2H3,(H,17,19)(H,21,22);;3*1H2/q;+1;;;/p-1/t11-,12+,14-;;;;/m1..../s1. The van der Waals surface area contributed by atoms with Gasteiger partial charge in [0.25, 0.3) is 0 Å². The zero-order valence-electron chi connectivity index (χ0n) is 15.3. The van der Waals surface area contributed by atoms with E-state index in [9.17, 15) is 19.5 Å². The van der Waals surface area contributed by atoms with Gasteiger partial charge in [-0.25, -0.2) is 0 Å². The molecule has 7 N–H and O–H groups in total. The molecule has 0 bridgehead atoms. The predicted molar refractivity (Wildman–Crippen MR) is 94.0 cm³/mol. The number of hydrogen-bond acceptors (Lipinski definition) is 5. The minimum absolute atomic E-state index is 0. The minimum atomic E-state index is -1.26. The Morgan fingerprint density at radius 3 is 2.26 bits per heavy atom. The topological polar surface area (TPSA) is 184 Å². The first kappa shape index (κ1) is 28.1. The summed E-state index contributed by atoms with van der Waals surface area (Å²) < 4.78 is -0.641. The monoisotopic (exact) mass is 410 g/mol. The molecule has 2 aliphatic rings. The SMILES string of the molecule is CC1(C)S[C@@H]2[C@H](NC(=O)Cc3ccccc3)C(=O)N2[C@H]1C(=O)[O-].O.O.O.[Na+]. The van der Waals surface area contributed by atoms with E-state index < -0.39 is 22.8 Å². The largest absolute Gasteiger partial charge is 1.00 e. The van der Waals surface area contributed by atoms with Crippen LogP contribution in [0.3, 0.4) is 0 Å². The number of aliphatic carboxylic acids is 1. The van der Waals surface area contributed by atoms with Crippen LogP contribution in [0.25, 0.3) is 0 Å². The summed E-state index contributed by atoms with van der Waals surface area (Å²) >= 11 is 1.38. The quantitative estimate of drug-likeness (QED) is 0.382. The van der Waals surface area contributed by atoms with Gasteiger partial charge < -0.3 is 36.5 Å². The molecule has 27 heavy (non-hydrogen) atoms. The van der Waals surface area contributed by atoms with Gasteiger partial charge in [0.2, 0.25) is 11.8 Å². The summed E-state index contributed by atoms with van der Waals surface area (Å²) in [5.41, 5.74) is 0.862. The Morgan fingerprint density at radius 1 is 1.19 bits per heavy atom. The van der Waals surface area contributed by atoms with Crippen LogP contribution in [0.15, 0.2) is 30.3 Å². The summed E-state index contributed by atoms with van der Waals surface area (Å²) in [5, 5.41) is 13.7. The van der Waals surface area contributed by atoms with E-state index in [0.717, 1.165) is 5.56 Å². The number of benzene rings is 1. The van der Waals surface area contributed by atoms with Gasteiger partial charge in [-0.2, -0.15) is 0 Å². The third kappa shape index (κ3) is 5.23. The Kier molecular flexibility index (Phi) is 10.8. The van der Waals surface area contributed by atoms with Crippen molar-refractivity contribution in [1.29, 1.82) is 0 Å². The number of fused-ring (bicyclic) bond motifs is 1. The average Bonchev–Trinajstić information content (AvgIpc) is 2.74. The van der Waals surface area contributed by atoms with E-state index in [4.69, 9.17) is 0 Å². The number of thioether (sulfide) groups is 1. The number of carbonyl (C=O) groups excluding carboxylic acids is 3. The number of nitrogens with one attached hydrogen (secondary N) is 1. The molecule has 2 fully saturated rings. The molecule has 3 rings (SSSR count). The average molecular weight is 410 g/mol. The first-order chi connectivity index (χ1) is 10.8. The molecule has 2 heterocycles. The Hall–Kier alpha value is -1.14. The summed E-state index contributed by atoms with van der Waals surface area (Å²) in [6.07, 6.45) is 0.190. The van der Waals surface area contributed by atoms with Crippen LogP contribution in [0.5, 0.6) is 0 Å². The van der Waals surface area contributed by atoms with Gasteiger partial charge in [-0.3, -0.25) is 9.59 Å². The number of carboxylic acid groups (broad SMARTS) is 1. The van der Waals surface area contributed by atoms with Gasteiger partial charge in [0.15, 0.2) is 0 Å². The molecule has 146 valence electrons. The Labute approximate surface area is 183 Å². The van der Waals surface area contributed by atoms with E-state index in [1.54, 1.807) is 13.8 Å². The van der Waals surface area contributed by atoms with Gasteiger partial charge in [-0.05, 0) is 19.4 Å². The molecule has 3 atom stereocenters. The predicted octanol–water partition coefficient (Wildman–Crippen LogP) is -5.94. The van der Waals surface area contributed by atoms with Crippen molar-refractivity contribution in [3.05, 3.63) is 35.9 Å². The molecule has 0 radical (unpaired) electrons. The number of carboxylic acids is 1. The van der Waals surface area contributed by atoms with Crippen LogP contribution >= 0.6 is 11.8 Å². The van der Waals surface area contributed by atoms with Crippen molar-refractivity contribution >= 4 is 29.5 Å². The molecule has 0 unspecified atom stereocenters. The van der Waals surface area contributed by atoms with Crippen LogP contribution in [0.1, 0.15) is 19.4 Å². The third-order valence-electron chi connectivity index (χ3n) is 4.19. The van der Waals surface area contributed by atoms with E-state index in [1.165, 1.54) is 16.7 Å². The first-order valence-electron chi connectivity index (χ1n) is 7.35. The Bertz CT molecular complexity index is 674. The maximum atomic E-state index is 12.2. The molecule has 11 heteroatoms. The number of β-lactam (4-membered cyclic amide) rings is 1. The molecule has 2 saturated heterocycles. The zero-order chi connectivity index (χ0) is 16.8. The molecule has 0 saturated carbocycles. The number of amides is 2. The molecule has 2 amide bonds. The molecule has 1 aromatic rings. The fourth-order valence-corrected chi connectivity index (χ4v) is 4.75. The molecule has 0 aliphatic carbocycles. The molecule has 0 spiro atoms. The summed E-state index contributed by atoms with van der Waals surface area (Å²) in [4.78, 5) is 37.0. The smallest absolute Gasteiger partial charge is 0.548 e. The van der Waals surface area contributed by atoms with E-state index in [1.807, 2.05) is 30.3 Å². The van der Waals surface area contributed by atoms with Crippen molar-refractivity contribution in [1.82, 2.24) is 10.2 Å². The maximum Gasteiger partial charge on any atom is 1.00 e. The number of nitrogens with zero attached hydrogens (tertiary/aromatic N) is 1. The fourth-order valence-electron chi connectivity index (χ4n) is 3.13. The van der Waals surface area contributed by atoms with Crippen molar-refractivity contribution < 1.29 is 65.5 Å². The van der Waals surface area contributed by atoms with Crippen molar-refractivity contribution in [3.63, 3.8) is 0 Å². The summed E-state index contributed by atoms with van der Waals surface area (Å²) in [5.74, 6) is -1.86. The van der Waals surface area contributed by atoms with Gasteiger partial charge in [0, 0.05) is 4.75 Å². The van der Waals surface area contributed by atoms with Crippen LogP contribution in [0.4, 0.5) is 0 Å². The summed E-state index contributed by atoms with van der Waals surface area (Å²) in [6.45, 7) is 3.54. The molecular formula is C16H23N2NaO7S. The van der Waals surface area contributed by atoms with Crippen LogP contribution in [-0.2, 0) is 20.8 Å². The van der Waals surface area contributed by atoms with E-state index in [0.29, 0.717) is 0 Å². The van der Waals surface area contributed by atoms with E-state index in [2.05, 4.69) is 5.32 Å². The number of hydrogen-bond donors (Lipinski definition) is 1. The van der Waals surface area contributed by atoms with E-state index >= 15 is 0 Å². The van der Waals surface area contributed by atoms with Gasteiger partial charge in [0.05, 0.1) is 18.4 Å². The van der Waals surface area contributed by atoms with Crippen LogP contribution in [-0.4, -0.2) is 61.3 Å². The molecule has 1 aromatic carbocycles. The zero-order valence-corrected chi connectivity index (χ0v) is 18.1. The molecule has 0 aromatic heterocycles. The Balaban J connectivity index is 0. The summed E-state index contributed by atoms with van der Waals surface area (Å²) in [7, 11) is 0. The normalized spacial score (nSPS) is 23.9. The molecule has 9 nitrogen and oxygen atoms in total. The first-order valence-corrected chi connectivity index (χ1v) is 8.23. The second kappa shape index (κ2) is 10.4. The number of rotatable bonds is 4. The van der Waals surface area contributed by atoms with Gasteiger partial charge >= 0.3 is 29.6 Å². The van der Waals surface area contributed by atoms with Crippen LogP contribution in [0, 0.1) is 0 Å². The third-order valence-corrected chi connectivity index (χ3v) is 5.76. The second-order valence-electron chi connectivity index (χ2n) is 6.29. The Morgan fingerprint density at radius 2 is 1.74 bits per heavy atom. The van der Waals surface area contributed by atoms with Crippen molar-refractivity contribution in [2.75, 3.05) is 0 Å². The van der Waals surface area contributed by atoms with Crippen LogP contribution in [0.2, 0.25) is 0 Å². The fraction of sp³-hybridized carbons (Fsp3) is 0.438. The van der Waals surface area contributed by atoms with Gasteiger partial charge in [-0.15, -0.1) is 11.8 Å². The maximum absolute atomic E-state index is 12.2. The van der Waals surface area contributed by atoms with Crippen molar-refractivity contribution in [2.24, 2.45) is 0 Å². The van der Waals surface area contributed by atoms with Gasteiger partial charge in [0.1, 0.15) is 11.4 Å². The minimum Gasteiger partial charge on any atom is -0.548 e. The van der Waals surface area contributed by atoms with Gasteiger partial charge in [-0.1, -0.05) is 30.3 Å².